The van der Waals surface area contributed by atoms with Crippen molar-refractivity contribution in [1.29, 1.82) is 0 Å². The Kier molecular flexibility index (Phi) is 4.86. The molecular formula is C21H18ClN3O. The molecule has 0 saturated heterocycles. The van der Waals surface area contributed by atoms with Crippen LogP contribution >= 0.6 is 11.6 Å². The van der Waals surface area contributed by atoms with E-state index >= 15 is 0 Å². The van der Waals surface area contributed by atoms with Crippen LogP contribution in [-0.2, 0) is 13.1 Å². The molecule has 26 heavy (non-hydrogen) atoms. The van der Waals surface area contributed by atoms with Gasteiger partial charge in [0.05, 0.1) is 10.7 Å². The number of benzene rings is 2. The maximum absolute atomic E-state index is 6.00. The number of hydrogen-bond donors (Lipinski definition) is 1. The fourth-order valence-corrected chi connectivity index (χ4v) is 2.91. The van der Waals surface area contributed by atoms with Crippen molar-refractivity contribution in [3.8, 4) is 11.5 Å². The summed E-state index contributed by atoms with van der Waals surface area (Å²) in [6.45, 7) is 1.46. The van der Waals surface area contributed by atoms with Gasteiger partial charge >= 0.3 is 0 Å². The molecule has 1 N–H and O–H groups in total. The van der Waals surface area contributed by atoms with Gasteiger partial charge in [-0.2, -0.15) is 0 Å². The molecular weight excluding hydrogens is 346 g/mol. The second-order valence-corrected chi connectivity index (χ2v) is 6.44. The molecule has 0 amide bonds. The normalized spacial score (nSPS) is 11.0. The first-order chi connectivity index (χ1) is 12.8. The Morgan fingerprint density at radius 2 is 1.62 bits per heavy atom. The average Bonchev–Trinajstić information content (AvgIpc) is 3.06. The number of fused-ring (bicyclic) bond motifs is 1. The van der Waals surface area contributed by atoms with E-state index < -0.39 is 0 Å². The molecule has 130 valence electrons. The maximum Gasteiger partial charge on any atom is 0.137 e. The summed E-state index contributed by atoms with van der Waals surface area (Å²) in [5.41, 5.74) is 3.07. The zero-order valence-corrected chi connectivity index (χ0v) is 14.9. The third kappa shape index (κ3) is 4.04. The summed E-state index contributed by atoms with van der Waals surface area (Å²) in [5.74, 6) is 1.67. The Hall–Kier alpha value is -2.82. The Bertz CT molecular complexity index is 997. The smallest absolute Gasteiger partial charge is 0.137 e. The Morgan fingerprint density at radius 3 is 2.42 bits per heavy atom. The molecule has 2 aromatic heterocycles. The number of para-hydroxylation sites is 1. The Balaban J connectivity index is 1.32. The van der Waals surface area contributed by atoms with Crippen LogP contribution in [0.5, 0.6) is 11.5 Å². The van der Waals surface area contributed by atoms with Gasteiger partial charge in [0.15, 0.2) is 0 Å². The quantitative estimate of drug-likeness (QED) is 0.519. The number of ether oxygens (including phenoxy) is 1. The molecule has 0 aliphatic heterocycles. The van der Waals surface area contributed by atoms with E-state index in [2.05, 4.69) is 22.4 Å². The first-order valence-electron chi connectivity index (χ1n) is 8.42. The summed E-state index contributed by atoms with van der Waals surface area (Å²) in [5, 5.41) is 4.11. The third-order valence-electron chi connectivity index (χ3n) is 4.00. The van der Waals surface area contributed by atoms with E-state index in [0.29, 0.717) is 11.6 Å². The molecule has 0 atom stereocenters. The lowest BCUT2D eigenvalue weighted by Gasteiger charge is -2.07. The lowest BCUT2D eigenvalue weighted by atomic mass is 10.2. The fourth-order valence-electron chi connectivity index (χ4n) is 2.74. The summed E-state index contributed by atoms with van der Waals surface area (Å²) < 4.78 is 7.75. The van der Waals surface area contributed by atoms with Gasteiger partial charge in [0.1, 0.15) is 17.1 Å². The van der Waals surface area contributed by atoms with Crippen LogP contribution in [-0.4, -0.2) is 9.38 Å². The van der Waals surface area contributed by atoms with Crippen molar-refractivity contribution in [2.45, 2.75) is 13.1 Å². The van der Waals surface area contributed by atoms with Crippen molar-refractivity contribution in [3.63, 3.8) is 0 Å². The van der Waals surface area contributed by atoms with Gasteiger partial charge in [0.25, 0.3) is 0 Å². The molecule has 4 aromatic rings. The Morgan fingerprint density at radius 1 is 0.846 bits per heavy atom. The van der Waals surface area contributed by atoms with Gasteiger partial charge in [0, 0.05) is 25.5 Å². The van der Waals surface area contributed by atoms with Crippen LogP contribution < -0.4 is 10.1 Å². The van der Waals surface area contributed by atoms with E-state index in [-0.39, 0.29) is 0 Å². The van der Waals surface area contributed by atoms with Gasteiger partial charge in [0.2, 0.25) is 0 Å². The first-order valence-corrected chi connectivity index (χ1v) is 8.80. The molecule has 0 aliphatic carbocycles. The Labute approximate surface area is 157 Å². The highest BCUT2D eigenvalue weighted by Crippen LogP contribution is 2.21. The number of imidazole rings is 1. The van der Waals surface area contributed by atoms with Gasteiger partial charge in [-0.3, -0.25) is 0 Å². The van der Waals surface area contributed by atoms with Crippen LogP contribution in [0.15, 0.2) is 79.1 Å². The van der Waals surface area contributed by atoms with E-state index in [1.54, 1.807) is 0 Å². The average molecular weight is 364 g/mol. The molecule has 4 nitrogen and oxygen atoms in total. The maximum atomic E-state index is 6.00. The number of halogens is 1. The molecule has 0 aliphatic rings. The van der Waals surface area contributed by atoms with Crippen molar-refractivity contribution in [2.75, 3.05) is 0 Å². The van der Waals surface area contributed by atoms with Crippen LogP contribution in [0.1, 0.15) is 11.3 Å². The van der Waals surface area contributed by atoms with E-state index in [0.717, 1.165) is 29.4 Å². The van der Waals surface area contributed by atoms with E-state index in [1.807, 2.05) is 71.4 Å². The van der Waals surface area contributed by atoms with Crippen LogP contribution in [0.3, 0.4) is 0 Å². The second-order valence-electron chi connectivity index (χ2n) is 6.01. The molecule has 0 saturated carbocycles. The van der Waals surface area contributed by atoms with Crippen LogP contribution in [0.25, 0.3) is 5.65 Å². The minimum atomic E-state index is 0.696. The van der Waals surface area contributed by atoms with Crippen molar-refractivity contribution in [2.24, 2.45) is 0 Å². The molecule has 0 bridgehead atoms. The number of pyridine rings is 1. The van der Waals surface area contributed by atoms with E-state index in [9.17, 15) is 0 Å². The highest BCUT2D eigenvalue weighted by atomic mass is 35.5. The SMILES string of the molecule is Clc1ccc2nc(CNCc3ccc(Oc4ccccc4)cc3)cn2c1. The molecule has 0 spiro atoms. The second kappa shape index (κ2) is 7.60. The monoisotopic (exact) mass is 363 g/mol. The fraction of sp³-hybridized carbons (Fsp3) is 0.0952. The van der Waals surface area contributed by atoms with Crippen molar-refractivity contribution < 1.29 is 4.74 Å². The summed E-state index contributed by atoms with van der Waals surface area (Å²) in [7, 11) is 0. The highest BCUT2D eigenvalue weighted by Gasteiger charge is 2.02. The largest absolute Gasteiger partial charge is 0.457 e. The topological polar surface area (TPSA) is 38.6 Å². The molecule has 0 radical (unpaired) electrons. The summed E-state index contributed by atoms with van der Waals surface area (Å²) in [6, 6.07) is 21.6. The van der Waals surface area contributed by atoms with Crippen LogP contribution in [0.4, 0.5) is 0 Å². The molecule has 2 heterocycles. The van der Waals surface area contributed by atoms with Crippen molar-refractivity contribution in [3.05, 3.63) is 95.4 Å². The lowest BCUT2D eigenvalue weighted by molar-refractivity contribution is 0.482. The zero-order chi connectivity index (χ0) is 17.8. The molecule has 0 unspecified atom stereocenters. The standard InChI is InChI=1S/C21H18ClN3O/c22-17-8-11-21-24-18(15-25(21)14-17)13-23-12-16-6-9-20(10-7-16)26-19-4-2-1-3-5-19/h1-11,14-15,23H,12-13H2. The minimum Gasteiger partial charge on any atom is -0.457 e. The summed E-state index contributed by atoms with van der Waals surface area (Å²) in [4.78, 5) is 4.57. The zero-order valence-electron chi connectivity index (χ0n) is 14.1. The van der Waals surface area contributed by atoms with Gasteiger partial charge in [-0.25, -0.2) is 4.98 Å². The van der Waals surface area contributed by atoms with Gasteiger partial charge in [-0.1, -0.05) is 41.9 Å². The van der Waals surface area contributed by atoms with Crippen molar-refractivity contribution in [1.82, 2.24) is 14.7 Å². The van der Waals surface area contributed by atoms with Gasteiger partial charge in [-0.15, -0.1) is 0 Å². The van der Waals surface area contributed by atoms with Gasteiger partial charge < -0.3 is 14.5 Å². The lowest BCUT2D eigenvalue weighted by Crippen LogP contribution is -2.12. The predicted octanol–water partition coefficient (Wildman–Crippen LogP) is 5.07. The summed E-state index contributed by atoms with van der Waals surface area (Å²) >= 11 is 6.00. The predicted molar refractivity (Wildman–Crippen MR) is 104 cm³/mol. The highest BCUT2D eigenvalue weighted by molar-refractivity contribution is 6.30. The number of nitrogens with one attached hydrogen (secondary N) is 1. The number of nitrogens with zero attached hydrogens (tertiary/aromatic N) is 2. The minimum absolute atomic E-state index is 0.696. The molecule has 2 aromatic carbocycles. The van der Waals surface area contributed by atoms with Crippen LogP contribution in [0.2, 0.25) is 5.02 Å². The first kappa shape index (κ1) is 16.6. The van der Waals surface area contributed by atoms with E-state index in [1.165, 1.54) is 5.56 Å². The molecule has 0 fully saturated rings. The number of rotatable bonds is 6. The van der Waals surface area contributed by atoms with Crippen LogP contribution in [0, 0.1) is 0 Å². The number of hydrogen-bond acceptors (Lipinski definition) is 3. The molecule has 4 rings (SSSR count). The molecule has 5 heteroatoms. The van der Waals surface area contributed by atoms with Gasteiger partial charge in [-0.05, 0) is 42.0 Å². The van der Waals surface area contributed by atoms with Crippen molar-refractivity contribution >= 4 is 17.2 Å². The third-order valence-corrected chi connectivity index (χ3v) is 4.23. The number of aromatic nitrogens is 2. The van der Waals surface area contributed by atoms with E-state index in [4.69, 9.17) is 16.3 Å². The summed E-state index contributed by atoms with van der Waals surface area (Å²) in [6.07, 6.45) is 3.85.